The Kier molecular flexibility index (Phi) is 4.95. The van der Waals surface area contributed by atoms with Gasteiger partial charge in [-0.1, -0.05) is 67.5 Å². The fraction of sp³-hybridized carbons (Fsp3) is 0.333. The summed E-state index contributed by atoms with van der Waals surface area (Å²) >= 11 is 14.9. The highest BCUT2D eigenvalue weighted by molar-refractivity contribution is 6.36. The van der Waals surface area contributed by atoms with Crippen molar-refractivity contribution in [2.75, 3.05) is 5.32 Å². The molecule has 7 rings (SSSR count). The molecule has 1 fully saturated rings. The molecule has 1 N–H and O–H groups in total. The first-order valence-corrected chi connectivity index (χ1v) is 12.6. The van der Waals surface area contributed by atoms with Crippen molar-refractivity contribution in [1.82, 2.24) is 10.1 Å². The van der Waals surface area contributed by atoms with Gasteiger partial charge in [-0.15, -0.1) is 23.2 Å². The van der Waals surface area contributed by atoms with Crippen LogP contribution in [0.1, 0.15) is 41.9 Å². The van der Waals surface area contributed by atoms with Gasteiger partial charge in [0.1, 0.15) is 21.6 Å². The molecule has 3 atom stereocenters. The molecule has 0 unspecified atom stereocenters. The van der Waals surface area contributed by atoms with Crippen LogP contribution in [0.4, 0.5) is 5.82 Å². The monoisotopic (exact) mass is 523 g/mol. The maximum Gasteiger partial charge on any atom is 0.249 e. The molecule has 0 spiro atoms. The first kappa shape index (κ1) is 23.3. The Morgan fingerprint density at radius 2 is 1.39 bits per heavy atom. The van der Waals surface area contributed by atoms with Crippen LogP contribution in [-0.2, 0) is 24.1 Å². The summed E-state index contributed by atoms with van der Waals surface area (Å²) < 4.78 is 5.04. The molecule has 7 nitrogen and oxygen atoms in total. The Hall–Kier alpha value is -3.16. The lowest BCUT2D eigenvalue weighted by Crippen LogP contribution is -2.57. The molecular formula is C27H23Cl2N3O4. The highest BCUT2D eigenvalue weighted by Crippen LogP contribution is 2.69. The highest BCUT2D eigenvalue weighted by Gasteiger charge is 2.73. The summed E-state index contributed by atoms with van der Waals surface area (Å²) in [5, 5.41) is 6.49. The summed E-state index contributed by atoms with van der Waals surface area (Å²) in [6, 6.07) is 15.4. The predicted molar refractivity (Wildman–Crippen MR) is 133 cm³/mol. The van der Waals surface area contributed by atoms with Gasteiger partial charge in [0.15, 0.2) is 5.82 Å². The van der Waals surface area contributed by atoms with Gasteiger partial charge in [-0.05, 0) is 35.1 Å². The molecule has 0 radical (unpaired) electrons. The van der Waals surface area contributed by atoms with Crippen LogP contribution in [0.25, 0.3) is 0 Å². The van der Waals surface area contributed by atoms with E-state index in [4.69, 9.17) is 27.7 Å². The second kappa shape index (κ2) is 7.67. The van der Waals surface area contributed by atoms with E-state index in [-0.39, 0.29) is 11.7 Å². The summed E-state index contributed by atoms with van der Waals surface area (Å²) in [6.45, 7) is 5.27. The molecular weight excluding hydrogens is 501 g/mol. The minimum atomic E-state index is -1.29. The Bertz CT molecular complexity index is 1330. The van der Waals surface area contributed by atoms with Crippen molar-refractivity contribution < 1.29 is 18.9 Å². The Labute approximate surface area is 217 Å². The number of imide groups is 1. The number of hydrogen-bond donors (Lipinski definition) is 1. The van der Waals surface area contributed by atoms with E-state index in [0.717, 1.165) is 4.90 Å². The number of nitrogens with zero attached hydrogens (tertiary/aromatic N) is 2. The lowest BCUT2D eigenvalue weighted by atomic mass is 9.54. The van der Waals surface area contributed by atoms with Crippen molar-refractivity contribution in [2.24, 2.45) is 17.8 Å². The van der Waals surface area contributed by atoms with Crippen LogP contribution in [0.5, 0.6) is 0 Å². The molecule has 2 aromatic carbocycles. The number of benzene rings is 2. The van der Waals surface area contributed by atoms with Gasteiger partial charge in [-0.25, -0.2) is 0 Å². The number of likely N-dealkylation sites (tertiary alicyclic amines) is 1. The number of carbonyl (C=O) groups is 3. The van der Waals surface area contributed by atoms with Crippen molar-refractivity contribution in [2.45, 2.75) is 36.6 Å². The van der Waals surface area contributed by atoms with Gasteiger partial charge in [-0.3, -0.25) is 19.3 Å². The average Bonchev–Trinajstić information content (AvgIpc) is 3.38. The van der Waals surface area contributed by atoms with E-state index >= 15 is 0 Å². The quantitative estimate of drug-likeness (QED) is 0.400. The van der Waals surface area contributed by atoms with E-state index in [1.54, 1.807) is 26.8 Å². The molecule has 184 valence electrons. The zero-order valence-electron chi connectivity index (χ0n) is 19.8. The number of alkyl halides is 2. The Morgan fingerprint density at radius 3 is 1.75 bits per heavy atom. The van der Waals surface area contributed by atoms with Crippen molar-refractivity contribution in [3.8, 4) is 0 Å². The van der Waals surface area contributed by atoms with Crippen LogP contribution in [-0.4, -0.2) is 33.8 Å². The second-order valence-corrected chi connectivity index (χ2v) is 11.2. The Balaban J connectivity index is 1.50. The van der Waals surface area contributed by atoms with Crippen LogP contribution >= 0.6 is 23.2 Å². The van der Waals surface area contributed by atoms with Crippen LogP contribution < -0.4 is 5.32 Å². The first-order chi connectivity index (χ1) is 17.1. The second-order valence-electron chi connectivity index (χ2n) is 10.0. The van der Waals surface area contributed by atoms with E-state index in [1.807, 2.05) is 48.5 Å². The SMILES string of the molecule is Cc1cc(NC(=O)[C@H](C(C)C)N2C(=O)[C@@H]3[C@@H](C2=O)C2(Cl)c4ccccc4C3(Cl)c3ccccc32)no1. The van der Waals surface area contributed by atoms with Crippen molar-refractivity contribution in [1.29, 1.82) is 0 Å². The summed E-state index contributed by atoms with van der Waals surface area (Å²) in [6.07, 6.45) is 0. The molecule has 1 saturated heterocycles. The summed E-state index contributed by atoms with van der Waals surface area (Å²) in [5.41, 5.74) is 2.86. The fourth-order valence-corrected chi connectivity index (χ4v) is 7.40. The number of rotatable bonds is 4. The van der Waals surface area contributed by atoms with Crippen molar-refractivity contribution in [3.05, 3.63) is 82.6 Å². The number of hydrogen-bond acceptors (Lipinski definition) is 5. The van der Waals surface area contributed by atoms with E-state index in [9.17, 15) is 14.4 Å². The highest BCUT2D eigenvalue weighted by atomic mass is 35.5. The maximum atomic E-state index is 14.2. The number of anilines is 1. The third-order valence-corrected chi connectivity index (χ3v) is 8.96. The standard InChI is InChI=1S/C27H23Cl2N3O4/c1-13(2)22(23(33)30-19-12-14(3)36-31-19)32-24(34)20-21(25(32)35)27(29)16-9-5-4-8-15(16)26(20,28)17-10-6-7-11-18(17)27/h4-13,20-22H,1-3H3,(H,30,31,33)/t20-,21-,22-,26?,27?/m0/s1. The van der Waals surface area contributed by atoms with Crippen LogP contribution in [0, 0.1) is 24.7 Å². The van der Waals surface area contributed by atoms with Crippen LogP contribution in [0.15, 0.2) is 59.1 Å². The topological polar surface area (TPSA) is 92.5 Å². The number of amides is 3. The molecule has 1 aliphatic heterocycles. The van der Waals surface area contributed by atoms with Gasteiger partial charge in [0.2, 0.25) is 17.7 Å². The van der Waals surface area contributed by atoms with E-state index in [1.165, 1.54) is 0 Å². The minimum Gasteiger partial charge on any atom is -0.360 e. The normalized spacial score (nSPS) is 28.7. The van der Waals surface area contributed by atoms with Crippen LogP contribution in [0.3, 0.4) is 0 Å². The molecule has 2 heterocycles. The molecule has 0 saturated carbocycles. The third kappa shape index (κ3) is 2.75. The summed E-state index contributed by atoms with van der Waals surface area (Å²) in [7, 11) is 0. The fourth-order valence-electron chi connectivity index (χ4n) is 6.31. The first-order valence-electron chi connectivity index (χ1n) is 11.8. The van der Waals surface area contributed by atoms with Gasteiger partial charge >= 0.3 is 0 Å². The predicted octanol–water partition coefficient (Wildman–Crippen LogP) is 4.54. The van der Waals surface area contributed by atoms with Crippen LogP contribution in [0.2, 0.25) is 0 Å². The summed E-state index contributed by atoms with van der Waals surface area (Å²) in [5.74, 6) is -3.11. The van der Waals surface area contributed by atoms with E-state index in [2.05, 4.69) is 10.5 Å². The number of aryl methyl sites for hydroxylation is 1. The number of aromatic nitrogens is 1. The van der Waals surface area contributed by atoms with Gasteiger partial charge in [-0.2, -0.15) is 0 Å². The molecule has 9 heteroatoms. The third-order valence-electron chi connectivity index (χ3n) is 7.68. The average molecular weight is 524 g/mol. The lowest BCUT2D eigenvalue weighted by Gasteiger charge is -2.54. The van der Waals surface area contributed by atoms with Gasteiger partial charge in [0.25, 0.3) is 0 Å². The smallest absolute Gasteiger partial charge is 0.249 e. The molecule has 4 aliphatic rings. The summed E-state index contributed by atoms with van der Waals surface area (Å²) in [4.78, 5) is 40.2. The maximum absolute atomic E-state index is 14.2. The molecule has 36 heavy (non-hydrogen) atoms. The van der Waals surface area contributed by atoms with E-state index in [0.29, 0.717) is 28.0 Å². The van der Waals surface area contributed by atoms with Gasteiger partial charge < -0.3 is 9.84 Å². The van der Waals surface area contributed by atoms with Crippen molar-refractivity contribution >= 4 is 46.7 Å². The number of nitrogens with one attached hydrogen (secondary N) is 1. The number of carbonyl (C=O) groups excluding carboxylic acids is 3. The molecule has 1 aromatic heterocycles. The van der Waals surface area contributed by atoms with Gasteiger partial charge in [0.05, 0.1) is 11.8 Å². The number of halogens is 2. The lowest BCUT2D eigenvalue weighted by molar-refractivity contribution is -0.148. The molecule has 2 bridgehead atoms. The van der Waals surface area contributed by atoms with E-state index < -0.39 is 45.3 Å². The molecule has 3 amide bonds. The molecule has 3 aromatic rings. The Morgan fingerprint density at radius 1 is 0.944 bits per heavy atom. The zero-order valence-corrected chi connectivity index (χ0v) is 21.3. The van der Waals surface area contributed by atoms with Gasteiger partial charge in [0, 0.05) is 6.07 Å². The largest absolute Gasteiger partial charge is 0.360 e. The minimum absolute atomic E-state index is 0.210. The van der Waals surface area contributed by atoms with Crippen molar-refractivity contribution in [3.63, 3.8) is 0 Å². The molecule has 3 aliphatic carbocycles. The zero-order chi connectivity index (χ0) is 25.6.